The van der Waals surface area contributed by atoms with Crippen molar-refractivity contribution in [2.45, 2.75) is 17.9 Å². The van der Waals surface area contributed by atoms with Gasteiger partial charge in [0.2, 0.25) is 0 Å². The van der Waals surface area contributed by atoms with Crippen LogP contribution in [0.2, 0.25) is 0 Å². The summed E-state index contributed by atoms with van der Waals surface area (Å²) >= 11 is 0. The van der Waals surface area contributed by atoms with Crippen molar-refractivity contribution in [1.82, 2.24) is 20.5 Å². The standard InChI is InChI=1S/C23H25N5O4S/c1-16-21-8-7-19(13-22(21)27-26-16)32-11-10-25-15-23(29)17-4-2-5-18(12-17)28-33(30,31)20-6-3-9-24-14-20/h2-9,12-14,23,25,28-29H,10-11,15H2,1H3,(H,26,27)/t23-/m0/s1. The molecule has 172 valence electrons. The average Bonchev–Trinajstić information content (AvgIpc) is 3.19. The van der Waals surface area contributed by atoms with Crippen LogP contribution in [0.5, 0.6) is 5.75 Å². The average molecular weight is 468 g/mol. The number of aromatic amines is 1. The summed E-state index contributed by atoms with van der Waals surface area (Å²) in [6.45, 7) is 3.21. The van der Waals surface area contributed by atoms with Crippen LogP contribution in [0.25, 0.3) is 10.9 Å². The Labute approximate surface area is 191 Å². The van der Waals surface area contributed by atoms with E-state index in [-0.39, 0.29) is 4.90 Å². The van der Waals surface area contributed by atoms with Crippen molar-refractivity contribution < 1.29 is 18.3 Å². The maximum absolute atomic E-state index is 12.5. The molecule has 0 unspecified atom stereocenters. The van der Waals surface area contributed by atoms with E-state index in [0.29, 0.717) is 30.9 Å². The first kappa shape index (κ1) is 22.7. The predicted octanol–water partition coefficient (Wildman–Crippen LogP) is 2.77. The van der Waals surface area contributed by atoms with Gasteiger partial charge in [-0.2, -0.15) is 5.10 Å². The van der Waals surface area contributed by atoms with E-state index < -0.39 is 16.1 Å². The van der Waals surface area contributed by atoms with E-state index in [1.807, 2.05) is 25.1 Å². The third-order valence-electron chi connectivity index (χ3n) is 5.07. The molecule has 0 aliphatic rings. The fourth-order valence-corrected chi connectivity index (χ4v) is 4.35. The molecule has 0 radical (unpaired) electrons. The lowest BCUT2D eigenvalue weighted by Crippen LogP contribution is -2.26. The van der Waals surface area contributed by atoms with Crippen LogP contribution in [0.4, 0.5) is 5.69 Å². The lowest BCUT2D eigenvalue weighted by atomic mass is 10.1. The van der Waals surface area contributed by atoms with Crippen molar-refractivity contribution in [2.24, 2.45) is 0 Å². The molecule has 0 amide bonds. The zero-order valence-electron chi connectivity index (χ0n) is 18.0. The molecule has 0 saturated carbocycles. The molecular weight excluding hydrogens is 442 g/mol. The Balaban J connectivity index is 1.26. The van der Waals surface area contributed by atoms with Gasteiger partial charge < -0.3 is 15.2 Å². The number of aryl methyl sites for hydroxylation is 1. The van der Waals surface area contributed by atoms with Crippen molar-refractivity contribution in [3.05, 3.63) is 78.2 Å². The van der Waals surface area contributed by atoms with Crippen LogP contribution in [0.1, 0.15) is 17.4 Å². The smallest absolute Gasteiger partial charge is 0.263 e. The van der Waals surface area contributed by atoms with E-state index in [9.17, 15) is 13.5 Å². The normalized spacial score (nSPS) is 12.5. The maximum Gasteiger partial charge on any atom is 0.263 e. The lowest BCUT2D eigenvalue weighted by molar-refractivity contribution is 0.172. The number of aliphatic hydroxyl groups is 1. The minimum absolute atomic E-state index is 0.0687. The SMILES string of the molecule is Cc1[nH]nc2cc(OCCNC[C@H](O)c3cccc(NS(=O)(=O)c4cccnc4)c3)ccc12. The number of fused-ring (bicyclic) bond motifs is 1. The number of H-pyrrole nitrogens is 1. The predicted molar refractivity (Wildman–Crippen MR) is 126 cm³/mol. The van der Waals surface area contributed by atoms with E-state index in [1.54, 1.807) is 30.3 Å². The van der Waals surface area contributed by atoms with Gasteiger partial charge in [-0.15, -0.1) is 0 Å². The van der Waals surface area contributed by atoms with Crippen molar-refractivity contribution >= 4 is 26.6 Å². The topological polar surface area (TPSA) is 129 Å². The van der Waals surface area contributed by atoms with Gasteiger partial charge in [-0.1, -0.05) is 12.1 Å². The molecular formula is C23H25N5O4S. The van der Waals surface area contributed by atoms with E-state index >= 15 is 0 Å². The highest BCUT2D eigenvalue weighted by molar-refractivity contribution is 7.92. The second kappa shape index (κ2) is 9.99. The summed E-state index contributed by atoms with van der Waals surface area (Å²) in [6.07, 6.45) is 1.98. The first-order valence-electron chi connectivity index (χ1n) is 10.4. The fourth-order valence-electron chi connectivity index (χ4n) is 3.34. The van der Waals surface area contributed by atoms with Gasteiger partial charge in [0.25, 0.3) is 10.0 Å². The molecule has 33 heavy (non-hydrogen) atoms. The second-order valence-electron chi connectivity index (χ2n) is 7.52. The molecule has 4 aromatic rings. The van der Waals surface area contributed by atoms with E-state index in [2.05, 4.69) is 25.2 Å². The molecule has 4 N–H and O–H groups in total. The second-order valence-corrected chi connectivity index (χ2v) is 9.20. The molecule has 1 atom stereocenters. The largest absolute Gasteiger partial charge is 0.492 e. The van der Waals surface area contributed by atoms with Crippen LogP contribution in [-0.2, 0) is 10.0 Å². The number of ether oxygens (including phenoxy) is 1. The van der Waals surface area contributed by atoms with Crippen molar-refractivity contribution in [2.75, 3.05) is 24.4 Å². The first-order chi connectivity index (χ1) is 15.9. The number of aromatic nitrogens is 3. The minimum atomic E-state index is -3.75. The van der Waals surface area contributed by atoms with Gasteiger partial charge in [0.1, 0.15) is 17.3 Å². The molecule has 4 rings (SSSR count). The number of hydrogen-bond donors (Lipinski definition) is 4. The van der Waals surface area contributed by atoms with Crippen LogP contribution in [-0.4, -0.2) is 48.4 Å². The Morgan fingerprint density at radius 3 is 2.85 bits per heavy atom. The molecule has 0 aliphatic carbocycles. The van der Waals surface area contributed by atoms with E-state index in [4.69, 9.17) is 4.74 Å². The Morgan fingerprint density at radius 2 is 2.03 bits per heavy atom. The number of aliphatic hydroxyl groups excluding tert-OH is 1. The quantitative estimate of drug-likeness (QED) is 0.264. The summed E-state index contributed by atoms with van der Waals surface area (Å²) in [5.74, 6) is 0.727. The van der Waals surface area contributed by atoms with E-state index in [0.717, 1.165) is 22.3 Å². The number of nitrogens with one attached hydrogen (secondary N) is 3. The van der Waals surface area contributed by atoms with Gasteiger partial charge in [-0.05, 0) is 48.9 Å². The number of nitrogens with zero attached hydrogens (tertiary/aromatic N) is 2. The van der Waals surface area contributed by atoms with Gasteiger partial charge in [0, 0.05) is 48.3 Å². The van der Waals surface area contributed by atoms with Crippen LogP contribution in [0.15, 0.2) is 71.9 Å². The number of sulfonamides is 1. The van der Waals surface area contributed by atoms with Crippen LogP contribution < -0.4 is 14.8 Å². The Hall–Kier alpha value is -3.47. The Kier molecular flexibility index (Phi) is 6.87. The van der Waals surface area contributed by atoms with Gasteiger partial charge >= 0.3 is 0 Å². The Morgan fingerprint density at radius 1 is 1.15 bits per heavy atom. The van der Waals surface area contributed by atoms with Crippen LogP contribution in [0.3, 0.4) is 0 Å². The molecule has 0 aliphatic heterocycles. The molecule has 2 heterocycles. The third-order valence-corrected chi connectivity index (χ3v) is 6.44. The summed E-state index contributed by atoms with van der Waals surface area (Å²) in [7, 11) is -3.75. The first-order valence-corrected chi connectivity index (χ1v) is 11.9. The number of benzene rings is 2. The summed E-state index contributed by atoms with van der Waals surface area (Å²) < 4.78 is 33.2. The maximum atomic E-state index is 12.5. The molecule has 0 fully saturated rings. The molecule has 2 aromatic heterocycles. The molecule has 10 heteroatoms. The summed E-state index contributed by atoms with van der Waals surface area (Å²) in [5.41, 5.74) is 2.82. The molecule has 0 saturated heterocycles. The summed E-state index contributed by atoms with van der Waals surface area (Å²) in [5, 5.41) is 21.9. The zero-order valence-corrected chi connectivity index (χ0v) is 18.8. The number of rotatable bonds is 10. The fraction of sp³-hybridized carbons (Fsp3) is 0.217. The molecule has 0 spiro atoms. The van der Waals surface area contributed by atoms with Gasteiger partial charge in [0.15, 0.2) is 0 Å². The van der Waals surface area contributed by atoms with Crippen LogP contribution in [0, 0.1) is 6.92 Å². The van der Waals surface area contributed by atoms with Gasteiger partial charge in [-0.3, -0.25) is 14.8 Å². The van der Waals surface area contributed by atoms with Crippen molar-refractivity contribution in [3.63, 3.8) is 0 Å². The van der Waals surface area contributed by atoms with Gasteiger partial charge in [-0.25, -0.2) is 8.42 Å². The van der Waals surface area contributed by atoms with Crippen LogP contribution >= 0.6 is 0 Å². The zero-order chi connectivity index (χ0) is 23.3. The monoisotopic (exact) mass is 467 g/mol. The highest BCUT2D eigenvalue weighted by Crippen LogP contribution is 2.22. The minimum Gasteiger partial charge on any atom is -0.492 e. The highest BCUT2D eigenvalue weighted by atomic mass is 32.2. The van der Waals surface area contributed by atoms with Gasteiger partial charge in [0.05, 0.1) is 11.6 Å². The highest BCUT2D eigenvalue weighted by Gasteiger charge is 2.15. The number of anilines is 1. The molecule has 0 bridgehead atoms. The summed E-state index contributed by atoms with van der Waals surface area (Å²) in [6, 6.07) is 15.4. The lowest BCUT2D eigenvalue weighted by Gasteiger charge is -2.14. The Bertz CT molecular complexity index is 1330. The van der Waals surface area contributed by atoms with E-state index in [1.165, 1.54) is 18.5 Å². The molecule has 2 aromatic carbocycles. The third kappa shape index (κ3) is 5.67. The molecule has 9 nitrogen and oxygen atoms in total. The summed E-state index contributed by atoms with van der Waals surface area (Å²) in [4.78, 5) is 3.91. The number of hydrogen-bond acceptors (Lipinski definition) is 7. The number of pyridine rings is 1. The van der Waals surface area contributed by atoms with Crippen molar-refractivity contribution in [3.8, 4) is 5.75 Å². The van der Waals surface area contributed by atoms with Crippen molar-refractivity contribution in [1.29, 1.82) is 0 Å².